The van der Waals surface area contributed by atoms with Gasteiger partial charge in [0.05, 0.1) is 6.04 Å². The Labute approximate surface area is 64.6 Å². The van der Waals surface area contributed by atoms with Crippen LogP contribution in [0.25, 0.3) is 0 Å². The third kappa shape index (κ3) is 4.32. The second kappa shape index (κ2) is 4.68. The third-order valence-electron chi connectivity index (χ3n) is 1.19. The zero-order chi connectivity index (χ0) is 8.85. The van der Waals surface area contributed by atoms with Gasteiger partial charge in [0.1, 0.15) is 6.54 Å². The third-order valence-corrected chi connectivity index (χ3v) is 1.19. The quantitative estimate of drug-likeness (QED) is 0.488. The zero-order valence-corrected chi connectivity index (χ0v) is 6.33. The highest BCUT2D eigenvalue weighted by atomic mass is 16.4. The first-order valence-electron chi connectivity index (χ1n) is 3.33. The molecule has 0 aliphatic heterocycles. The van der Waals surface area contributed by atoms with Gasteiger partial charge in [-0.3, -0.25) is 9.59 Å². The number of aliphatic carboxylic acids is 1. The van der Waals surface area contributed by atoms with Crippen molar-refractivity contribution in [1.82, 2.24) is 5.32 Å². The number of hydrogen-bond acceptors (Lipinski definition) is 3. The highest BCUT2D eigenvalue weighted by molar-refractivity contribution is 5.84. The monoisotopic (exact) mass is 160 g/mol. The number of carboxylic acids is 1. The molecule has 5 heteroatoms. The van der Waals surface area contributed by atoms with Gasteiger partial charge in [-0.2, -0.15) is 0 Å². The summed E-state index contributed by atoms with van der Waals surface area (Å²) >= 11 is 0. The Morgan fingerprint density at radius 3 is 2.55 bits per heavy atom. The fraction of sp³-hybridized carbons (Fsp3) is 0.667. The second-order valence-electron chi connectivity index (χ2n) is 2.13. The van der Waals surface area contributed by atoms with E-state index in [1.807, 2.05) is 0 Å². The lowest BCUT2D eigenvalue weighted by Gasteiger charge is -2.07. The Kier molecular flexibility index (Phi) is 4.21. The molecule has 0 spiro atoms. The van der Waals surface area contributed by atoms with Gasteiger partial charge in [0.15, 0.2) is 0 Å². The number of nitrogens with two attached hydrogens (primary N) is 1. The maximum Gasteiger partial charge on any atom is 0.322 e. The van der Waals surface area contributed by atoms with Crippen LogP contribution in [0.1, 0.15) is 13.3 Å². The molecule has 0 fully saturated rings. The lowest BCUT2D eigenvalue weighted by molar-refractivity contribution is -0.138. The van der Waals surface area contributed by atoms with Crippen LogP contribution in [0.4, 0.5) is 0 Å². The summed E-state index contributed by atoms with van der Waals surface area (Å²) in [4.78, 5) is 20.7. The van der Waals surface area contributed by atoms with Crippen LogP contribution in [0.15, 0.2) is 0 Å². The largest absolute Gasteiger partial charge is 0.480 e. The maximum atomic E-state index is 10.8. The van der Waals surface area contributed by atoms with Crippen molar-refractivity contribution in [3.05, 3.63) is 0 Å². The van der Waals surface area contributed by atoms with Crippen LogP contribution in [0.3, 0.4) is 0 Å². The average Bonchev–Trinajstić information content (AvgIpc) is 1.98. The topological polar surface area (TPSA) is 92.4 Å². The van der Waals surface area contributed by atoms with Crippen molar-refractivity contribution >= 4 is 11.9 Å². The molecule has 0 saturated heterocycles. The lowest BCUT2D eigenvalue weighted by Crippen LogP contribution is -2.42. The smallest absolute Gasteiger partial charge is 0.322 e. The van der Waals surface area contributed by atoms with Gasteiger partial charge < -0.3 is 16.2 Å². The minimum absolute atomic E-state index is 0.369. The van der Waals surface area contributed by atoms with E-state index in [4.69, 9.17) is 10.8 Å². The predicted molar refractivity (Wildman–Crippen MR) is 38.9 cm³/mol. The van der Waals surface area contributed by atoms with E-state index in [-0.39, 0.29) is 6.54 Å². The summed E-state index contributed by atoms with van der Waals surface area (Å²) in [6, 6.07) is -0.602. The summed E-state index contributed by atoms with van der Waals surface area (Å²) in [6.45, 7) is 1.39. The minimum Gasteiger partial charge on any atom is -0.480 e. The van der Waals surface area contributed by atoms with Crippen LogP contribution >= 0.6 is 0 Å². The Hall–Kier alpha value is -1.10. The van der Waals surface area contributed by atoms with Crippen LogP contribution in [-0.4, -0.2) is 29.6 Å². The molecule has 0 aromatic carbocycles. The van der Waals surface area contributed by atoms with E-state index in [1.54, 1.807) is 6.92 Å². The fourth-order valence-electron chi connectivity index (χ4n) is 0.479. The van der Waals surface area contributed by atoms with Crippen LogP contribution < -0.4 is 11.1 Å². The molecule has 0 bridgehead atoms. The normalized spacial score (nSPS) is 12.2. The standard InChI is InChI=1S/C6H12N2O3/c1-2-4(7)6(11)8-3-5(9)10/h4H,2-3,7H2,1H3,(H,8,11)(H,9,10)/t4-/m1/s1. The Morgan fingerprint density at radius 1 is 1.64 bits per heavy atom. The number of carbonyl (C=O) groups excluding carboxylic acids is 1. The summed E-state index contributed by atoms with van der Waals surface area (Å²) < 4.78 is 0. The highest BCUT2D eigenvalue weighted by Gasteiger charge is 2.10. The minimum atomic E-state index is -1.07. The number of rotatable bonds is 4. The molecule has 4 N–H and O–H groups in total. The SMILES string of the molecule is CC[C@@H](N)C(=O)NCC(=O)O. The Morgan fingerprint density at radius 2 is 2.18 bits per heavy atom. The molecule has 1 amide bonds. The van der Waals surface area contributed by atoms with E-state index in [9.17, 15) is 9.59 Å². The summed E-state index contributed by atoms with van der Waals surface area (Å²) in [7, 11) is 0. The van der Waals surface area contributed by atoms with Crippen molar-refractivity contribution in [1.29, 1.82) is 0 Å². The predicted octanol–water partition coefficient (Wildman–Crippen LogP) is -1.08. The Bertz CT molecular complexity index is 158. The molecule has 0 unspecified atom stereocenters. The van der Waals surface area contributed by atoms with E-state index in [0.29, 0.717) is 6.42 Å². The number of hydrogen-bond donors (Lipinski definition) is 3. The van der Waals surface area contributed by atoms with Crippen LogP contribution in [0.2, 0.25) is 0 Å². The number of carboxylic acid groups (broad SMARTS) is 1. The zero-order valence-electron chi connectivity index (χ0n) is 6.33. The summed E-state index contributed by atoms with van der Waals surface area (Å²) in [5.74, 6) is -1.49. The van der Waals surface area contributed by atoms with Gasteiger partial charge in [0.2, 0.25) is 5.91 Å². The maximum absolute atomic E-state index is 10.8. The molecule has 64 valence electrons. The molecule has 0 saturated carbocycles. The van der Waals surface area contributed by atoms with Crippen molar-refractivity contribution in [2.75, 3.05) is 6.54 Å². The van der Waals surface area contributed by atoms with E-state index in [1.165, 1.54) is 0 Å². The van der Waals surface area contributed by atoms with E-state index in [0.717, 1.165) is 0 Å². The van der Waals surface area contributed by atoms with Gasteiger partial charge in [-0.1, -0.05) is 6.92 Å². The lowest BCUT2D eigenvalue weighted by atomic mass is 10.2. The van der Waals surface area contributed by atoms with Gasteiger partial charge in [-0.15, -0.1) is 0 Å². The molecule has 0 aromatic rings. The van der Waals surface area contributed by atoms with Gasteiger partial charge >= 0.3 is 5.97 Å². The summed E-state index contributed by atoms with van der Waals surface area (Å²) in [5.41, 5.74) is 5.30. The first-order chi connectivity index (χ1) is 5.07. The molecule has 0 aromatic heterocycles. The molecule has 5 nitrogen and oxygen atoms in total. The van der Waals surface area contributed by atoms with E-state index >= 15 is 0 Å². The molecule has 1 atom stereocenters. The van der Waals surface area contributed by atoms with Crippen LogP contribution in [0, 0.1) is 0 Å². The van der Waals surface area contributed by atoms with Crippen molar-refractivity contribution in [3.8, 4) is 0 Å². The average molecular weight is 160 g/mol. The van der Waals surface area contributed by atoms with Crippen molar-refractivity contribution in [2.45, 2.75) is 19.4 Å². The van der Waals surface area contributed by atoms with Gasteiger partial charge in [0.25, 0.3) is 0 Å². The molecule has 0 aliphatic rings. The number of nitrogens with one attached hydrogen (secondary N) is 1. The van der Waals surface area contributed by atoms with E-state index in [2.05, 4.69) is 5.32 Å². The number of amides is 1. The molecule has 0 aliphatic carbocycles. The molecule has 11 heavy (non-hydrogen) atoms. The highest BCUT2D eigenvalue weighted by Crippen LogP contribution is 1.84. The molecular formula is C6H12N2O3. The van der Waals surface area contributed by atoms with Crippen molar-refractivity contribution in [2.24, 2.45) is 5.73 Å². The first-order valence-corrected chi connectivity index (χ1v) is 3.33. The van der Waals surface area contributed by atoms with Crippen LogP contribution in [0.5, 0.6) is 0 Å². The van der Waals surface area contributed by atoms with Crippen LogP contribution in [-0.2, 0) is 9.59 Å². The second-order valence-corrected chi connectivity index (χ2v) is 2.13. The number of carbonyl (C=O) groups is 2. The first kappa shape index (κ1) is 9.90. The molecular weight excluding hydrogens is 148 g/mol. The van der Waals surface area contributed by atoms with Gasteiger partial charge in [-0.25, -0.2) is 0 Å². The van der Waals surface area contributed by atoms with Gasteiger partial charge in [-0.05, 0) is 6.42 Å². The molecule has 0 heterocycles. The molecule has 0 radical (unpaired) electrons. The summed E-state index contributed by atoms with van der Waals surface area (Å²) in [5, 5.41) is 10.3. The van der Waals surface area contributed by atoms with Gasteiger partial charge in [0, 0.05) is 0 Å². The summed E-state index contributed by atoms with van der Waals surface area (Å²) in [6.07, 6.45) is 0.505. The van der Waals surface area contributed by atoms with E-state index < -0.39 is 17.9 Å². The molecule has 0 rings (SSSR count). The van der Waals surface area contributed by atoms with Crippen molar-refractivity contribution < 1.29 is 14.7 Å². The van der Waals surface area contributed by atoms with Crippen molar-refractivity contribution in [3.63, 3.8) is 0 Å². The Balaban J connectivity index is 3.60. The fourth-order valence-corrected chi connectivity index (χ4v) is 0.479.